The van der Waals surface area contributed by atoms with E-state index in [1.54, 1.807) is 6.07 Å². The number of aromatic hydroxyl groups is 2. The van der Waals surface area contributed by atoms with E-state index in [0.717, 1.165) is 0 Å². The zero-order chi connectivity index (χ0) is 12.0. The van der Waals surface area contributed by atoms with Crippen LogP contribution < -0.4 is 5.32 Å². The normalized spacial score (nSPS) is 12.0. The van der Waals surface area contributed by atoms with E-state index in [4.69, 9.17) is 15.5 Å². The van der Waals surface area contributed by atoms with Crippen LogP contribution in [-0.4, -0.2) is 28.5 Å². The lowest BCUT2D eigenvalue weighted by Crippen LogP contribution is -2.21. The minimum absolute atomic E-state index is 0.0615. The summed E-state index contributed by atoms with van der Waals surface area (Å²) < 4.78 is 0. The van der Waals surface area contributed by atoms with Gasteiger partial charge in [-0.2, -0.15) is 5.26 Å². The number of aliphatic hydroxyl groups is 1. The van der Waals surface area contributed by atoms with Crippen molar-refractivity contribution in [3.8, 4) is 17.6 Å². The Labute approximate surface area is 93.6 Å². The molecule has 0 aliphatic carbocycles. The third-order valence-corrected chi connectivity index (χ3v) is 2.15. The Morgan fingerprint density at radius 3 is 2.62 bits per heavy atom. The average Bonchev–Trinajstić information content (AvgIpc) is 2.29. The van der Waals surface area contributed by atoms with Crippen LogP contribution in [-0.2, 0) is 0 Å². The molecule has 0 aliphatic heterocycles. The van der Waals surface area contributed by atoms with Crippen molar-refractivity contribution in [3.05, 3.63) is 23.8 Å². The molecule has 0 heterocycles. The zero-order valence-electron chi connectivity index (χ0n) is 8.72. The maximum atomic E-state index is 9.29. The fraction of sp³-hybridized carbons (Fsp3) is 0.364. The molecule has 1 aromatic carbocycles. The fourth-order valence-electron chi connectivity index (χ4n) is 1.28. The van der Waals surface area contributed by atoms with Crippen molar-refractivity contribution in [1.29, 1.82) is 5.26 Å². The highest BCUT2D eigenvalue weighted by Crippen LogP contribution is 2.27. The van der Waals surface area contributed by atoms with Crippen LogP contribution in [0.4, 0.5) is 0 Å². The van der Waals surface area contributed by atoms with Crippen molar-refractivity contribution in [2.24, 2.45) is 0 Å². The molecular formula is C11H14N2O3. The molecule has 5 nitrogen and oxygen atoms in total. The molecule has 0 fully saturated rings. The van der Waals surface area contributed by atoms with Gasteiger partial charge in [0.15, 0.2) is 11.5 Å². The van der Waals surface area contributed by atoms with Crippen molar-refractivity contribution < 1.29 is 15.3 Å². The second-order valence-electron chi connectivity index (χ2n) is 3.34. The molecule has 1 aromatic rings. The van der Waals surface area contributed by atoms with Gasteiger partial charge in [-0.15, -0.1) is 0 Å². The minimum Gasteiger partial charge on any atom is -0.504 e. The molecule has 1 unspecified atom stereocenters. The van der Waals surface area contributed by atoms with E-state index in [1.165, 1.54) is 12.1 Å². The number of nitrogens with zero attached hydrogens (tertiary/aromatic N) is 1. The quantitative estimate of drug-likeness (QED) is 0.433. The number of nitriles is 1. The topological polar surface area (TPSA) is 96.5 Å². The summed E-state index contributed by atoms with van der Waals surface area (Å²) >= 11 is 0. The van der Waals surface area contributed by atoms with Crippen molar-refractivity contribution >= 4 is 0 Å². The molecule has 86 valence electrons. The first-order chi connectivity index (χ1) is 7.69. The van der Waals surface area contributed by atoms with Crippen molar-refractivity contribution in [2.75, 3.05) is 13.2 Å². The van der Waals surface area contributed by atoms with Gasteiger partial charge in [-0.3, -0.25) is 5.32 Å². The summed E-state index contributed by atoms with van der Waals surface area (Å²) in [5, 5.41) is 38.9. The van der Waals surface area contributed by atoms with E-state index in [1.807, 2.05) is 6.07 Å². The summed E-state index contributed by atoms with van der Waals surface area (Å²) in [4.78, 5) is 0. The molecule has 0 spiro atoms. The average molecular weight is 222 g/mol. The van der Waals surface area contributed by atoms with E-state index < -0.39 is 6.04 Å². The highest BCUT2D eigenvalue weighted by Gasteiger charge is 2.11. The van der Waals surface area contributed by atoms with Crippen LogP contribution in [0.2, 0.25) is 0 Å². The number of hydrogen-bond acceptors (Lipinski definition) is 5. The number of benzene rings is 1. The van der Waals surface area contributed by atoms with Gasteiger partial charge in [0, 0.05) is 6.61 Å². The van der Waals surface area contributed by atoms with Crippen LogP contribution in [0.1, 0.15) is 18.0 Å². The Bertz CT molecular complexity index is 387. The maximum absolute atomic E-state index is 9.29. The van der Waals surface area contributed by atoms with Gasteiger partial charge >= 0.3 is 0 Å². The number of aliphatic hydroxyl groups excluding tert-OH is 1. The summed E-state index contributed by atoms with van der Waals surface area (Å²) in [6.07, 6.45) is 0.558. The fourth-order valence-corrected chi connectivity index (χ4v) is 1.28. The third-order valence-electron chi connectivity index (χ3n) is 2.15. The first-order valence-electron chi connectivity index (χ1n) is 4.94. The molecule has 0 aliphatic rings. The third kappa shape index (κ3) is 3.12. The van der Waals surface area contributed by atoms with Gasteiger partial charge in [0.2, 0.25) is 0 Å². The SMILES string of the molecule is N#CC(NCCCO)c1ccc(O)c(O)c1. The van der Waals surface area contributed by atoms with E-state index in [0.29, 0.717) is 18.5 Å². The van der Waals surface area contributed by atoms with Crippen LogP contribution in [0.15, 0.2) is 18.2 Å². The smallest absolute Gasteiger partial charge is 0.157 e. The van der Waals surface area contributed by atoms with E-state index in [-0.39, 0.29) is 18.1 Å². The monoisotopic (exact) mass is 222 g/mol. The van der Waals surface area contributed by atoms with Gasteiger partial charge in [0.1, 0.15) is 6.04 Å². The maximum Gasteiger partial charge on any atom is 0.157 e. The summed E-state index contributed by atoms with van der Waals surface area (Å²) in [7, 11) is 0. The number of phenols is 2. The lowest BCUT2D eigenvalue weighted by Gasteiger charge is -2.11. The van der Waals surface area contributed by atoms with Crippen LogP contribution in [0, 0.1) is 11.3 Å². The molecule has 4 N–H and O–H groups in total. The number of rotatable bonds is 5. The van der Waals surface area contributed by atoms with Gasteiger partial charge in [0.25, 0.3) is 0 Å². The summed E-state index contributed by atoms with van der Waals surface area (Å²) in [5.41, 5.74) is 0.579. The lowest BCUT2D eigenvalue weighted by atomic mass is 10.1. The summed E-state index contributed by atoms with van der Waals surface area (Å²) in [5.74, 6) is -0.461. The van der Waals surface area contributed by atoms with Crippen LogP contribution in [0.3, 0.4) is 0 Å². The largest absolute Gasteiger partial charge is 0.504 e. The number of hydrogen-bond donors (Lipinski definition) is 4. The molecule has 16 heavy (non-hydrogen) atoms. The summed E-state index contributed by atoms with van der Waals surface area (Å²) in [6, 6.07) is 5.72. The molecule has 0 saturated carbocycles. The molecule has 0 bridgehead atoms. The van der Waals surface area contributed by atoms with Crippen molar-refractivity contribution in [1.82, 2.24) is 5.32 Å². The Hall–Kier alpha value is -1.77. The second-order valence-corrected chi connectivity index (χ2v) is 3.34. The molecule has 1 atom stereocenters. The highest BCUT2D eigenvalue weighted by molar-refractivity contribution is 5.42. The van der Waals surface area contributed by atoms with Gasteiger partial charge in [-0.05, 0) is 30.7 Å². The van der Waals surface area contributed by atoms with E-state index >= 15 is 0 Å². The Morgan fingerprint density at radius 1 is 1.31 bits per heavy atom. The van der Waals surface area contributed by atoms with Crippen LogP contribution >= 0.6 is 0 Å². The predicted octanol–water partition coefficient (Wildman–Crippen LogP) is 0.634. The number of nitrogens with one attached hydrogen (secondary N) is 1. The molecule has 0 radical (unpaired) electrons. The predicted molar refractivity (Wildman–Crippen MR) is 57.8 cm³/mol. The number of phenolic OH excluding ortho intramolecular Hbond substituents is 2. The highest BCUT2D eigenvalue weighted by atomic mass is 16.3. The van der Waals surface area contributed by atoms with Crippen molar-refractivity contribution in [2.45, 2.75) is 12.5 Å². The van der Waals surface area contributed by atoms with Crippen LogP contribution in [0.5, 0.6) is 11.5 Å². The van der Waals surface area contributed by atoms with Gasteiger partial charge in [0.05, 0.1) is 6.07 Å². The molecule has 1 rings (SSSR count). The molecule has 0 amide bonds. The lowest BCUT2D eigenvalue weighted by molar-refractivity contribution is 0.285. The van der Waals surface area contributed by atoms with Gasteiger partial charge in [-0.25, -0.2) is 0 Å². The van der Waals surface area contributed by atoms with Gasteiger partial charge in [-0.1, -0.05) is 6.07 Å². The minimum atomic E-state index is -0.557. The molecule has 5 heteroatoms. The van der Waals surface area contributed by atoms with Gasteiger partial charge < -0.3 is 15.3 Å². The Kier molecular flexibility index (Phi) is 4.58. The first kappa shape index (κ1) is 12.3. The standard InChI is InChI=1S/C11H14N2O3/c12-7-9(13-4-1-5-14)8-2-3-10(15)11(16)6-8/h2-3,6,9,13-16H,1,4-5H2. The Morgan fingerprint density at radius 2 is 2.06 bits per heavy atom. The van der Waals surface area contributed by atoms with Crippen LogP contribution in [0.25, 0.3) is 0 Å². The van der Waals surface area contributed by atoms with Crippen molar-refractivity contribution in [3.63, 3.8) is 0 Å². The first-order valence-corrected chi connectivity index (χ1v) is 4.94. The second kappa shape index (κ2) is 5.95. The molecule has 0 saturated heterocycles. The van der Waals surface area contributed by atoms with E-state index in [2.05, 4.69) is 5.32 Å². The molecular weight excluding hydrogens is 208 g/mol. The summed E-state index contributed by atoms with van der Waals surface area (Å²) in [6.45, 7) is 0.572. The zero-order valence-corrected chi connectivity index (χ0v) is 8.72. The van der Waals surface area contributed by atoms with E-state index in [9.17, 15) is 5.11 Å². The molecule has 0 aromatic heterocycles. The Balaban J connectivity index is 2.72.